The lowest BCUT2D eigenvalue weighted by molar-refractivity contribution is 0.0993. The van der Waals surface area contributed by atoms with Crippen LogP contribution in [0.2, 0.25) is 5.02 Å². The number of carbonyl (C=O) groups excluding carboxylic acids is 1. The Morgan fingerprint density at radius 1 is 1.21 bits per heavy atom. The molecule has 0 heterocycles. The summed E-state index contributed by atoms with van der Waals surface area (Å²) in [4.78, 5) is 12.2. The van der Waals surface area contributed by atoms with Gasteiger partial charge in [-0.2, -0.15) is 0 Å². The molecule has 98 valence electrons. The van der Waals surface area contributed by atoms with E-state index in [4.69, 9.17) is 11.6 Å². The third kappa shape index (κ3) is 3.21. The van der Waals surface area contributed by atoms with Crippen molar-refractivity contribution in [1.82, 2.24) is 0 Å². The summed E-state index contributed by atoms with van der Waals surface area (Å²) in [6.45, 7) is 3.60. The summed E-state index contributed by atoms with van der Waals surface area (Å²) in [7, 11) is 0. The Bertz CT molecular complexity index is 635. The summed E-state index contributed by atoms with van der Waals surface area (Å²) in [5.41, 5.74) is 2.84. The van der Waals surface area contributed by atoms with Gasteiger partial charge in [0.1, 0.15) is 5.82 Å². The lowest BCUT2D eigenvalue weighted by Crippen LogP contribution is -2.05. The van der Waals surface area contributed by atoms with E-state index in [-0.39, 0.29) is 17.2 Å². The Balaban J connectivity index is 2.28. The van der Waals surface area contributed by atoms with Gasteiger partial charge in [0.05, 0.1) is 5.02 Å². The highest BCUT2D eigenvalue weighted by Gasteiger charge is 2.13. The van der Waals surface area contributed by atoms with Gasteiger partial charge >= 0.3 is 0 Å². The van der Waals surface area contributed by atoms with Gasteiger partial charge in [-0.05, 0) is 37.1 Å². The highest BCUT2D eigenvalue weighted by atomic mass is 35.5. The minimum absolute atomic E-state index is 0.0984. The number of Topliss-reactive ketones (excluding diaryl/α,β-unsaturated/α-hetero) is 1. The molecule has 0 N–H and O–H groups in total. The zero-order chi connectivity index (χ0) is 14.0. The summed E-state index contributed by atoms with van der Waals surface area (Å²) >= 11 is 5.93. The lowest BCUT2D eigenvalue weighted by atomic mass is 10.0. The molecule has 0 aliphatic carbocycles. The number of halogens is 2. The van der Waals surface area contributed by atoms with E-state index in [9.17, 15) is 9.18 Å². The Morgan fingerprint density at radius 3 is 2.63 bits per heavy atom. The first kappa shape index (κ1) is 13.8. The molecule has 19 heavy (non-hydrogen) atoms. The molecule has 0 bridgehead atoms. The van der Waals surface area contributed by atoms with Crippen LogP contribution in [0.15, 0.2) is 36.4 Å². The van der Waals surface area contributed by atoms with E-state index >= 15 is 0 Å². The van der Waals surface area contributed by atoms with Gasteiger partial charge in [-0.3, -0.25) is 4.79 Å². The standard InChI is InChI=1S/C16H14ClFO/c1-10-4-3-5-12(6-10)8-16(19)13-7-11(2)15(18)9-14(13)17/h3-7,9H,8H2,1-2H3. The van der Waals surface area contributed by atoms with Crippen LogP contribution in [0.5, 0.6) is 0 Å². The molecule has 0 amide bonds. The smallest absolute Gasteiger partial charge is 0.168 e. The maximum Gasteiger partial charge on any atom is 0.168 e. The number of aryl methyl sites for hydroxylation is 2. The predicted octanol–water partition coefficient (Wildman–Crippen LogP) is 4.52. The molecule has 0 saturated carbocycles. The number of ketones is 1. The molecule has 3 heteroatoms. The van der Waals surface area contributed by atoms with Crippen LogP contribution in [-0.4, -0.2) is 5.78 Å². The van der Waals surface area contributed by atoms with Crippen molar-refractivity contribution in [3.63, 3.8) is 0 Å². The first-order valence-electron chi connectivity index (χ1n) is 6.02. The maximum atomic E-state index is 13.3. The maximum absolute atomic E-state index is 13.3. The SMILES string of the molecule is Cc1cccc(CC(=O)c2cc(C)c(F)cc2Cl)c1. The van der Waals surface area contributed by atoms with Crippen LogP contribution in [0, 0.1) is 19.7 Å². The normalized spacial score (nSPS) is 10.5. The van der Waals surface area contributed by atoms with Crippen LogP contribution in [0.25, 0.3) is 0 Å². The number of carbonyl (C=O) groups is 1. The van der Waals surface area contributed by atoms with Crippen LogP contribution in [-0.2, 0) is 6.42 Å². The van der Waals surface area contributed by atoms with Gasteiger partial charge in [-0.1, -0.05) is 41.4 Å². The van der Waals surface area contributed by atoms with E-state index in [0.29, 0.717) is 11.1 Å². The molecule has 0 aromatic heterocycles. The topological polar surface area (TPSA) is 17.1 Å². The Kier molecular flexibility index (Phi) is 4.01. The molecule has 0 unspecified atom stereocenters. The molecule has 0 aliphatic rings. The molecule has 2 aromatic carbocycles. The monoisotopic (exact) mass is 276 g/mol. The number of hydrogen-bond donors (Lipinski definition) is 0. The van der Waals surface area contributed by atoms with Gasteiger partial charge in [0.2, 0.25) is 0 Å². The third-order valence-corrected chi connectivity index (χ3v) is 3.31. The summed E-state index contributed by atoms with van der Waals surface area (Å²) < 4.78 is 13.3. The summed E-state index contributed by atoms with van der Waals surface area (Å²) in [5.74, 6) is -0.490. The van der Waals surface area contributed by atoms with E-state index in [1.807, 2.05) is 31.2 Å². The highest BCUT2D eigenvalue weighted by molar-refractivity contribution is 6.34. The molecule has 0 atom stereocenters. The van der Waals surface area contributed by atoms with Crippen LogP contribution >= 0.6 is 11.6 Å². The van der Waals surface area contributed by atoms with Crippen molar-refractivity contribution in [2.45, 2.75) is 20.3 Å². The number of benzene rings is 2. The first-order valence-corrected chi connectivity index (χ1v) is 6.39. The van der Waals surface area contributed by atoms with Crippen molar-refractivity contribution >= 4 is 17.4 Å². The zero-order valence-corrected chi connectivity index (χ0v) is 11.6. The summed E-state index contributed by atoms with van der Waals surface area (Å²) in [6, 6.07) is 10.5. The van der Waals surface area contributed by atoms with Gasteiger partial charge < -0.3 is 0 Å². The molecule has 0 aliphatic heterocycles. The van der Waals surface area contributed by atoms with Crippen molar-refractivity contribution in [2.75, 3.05) is 0 Å². The molecular formula is C16H14ClFO. The second-order valence-electron chi connectivity index (χ2n) is 4.67. The second kappa shape index (κ2) is 5.54. The average molecular weight is 277 g/mol. The summed E-state index contributed by atoms with van der Waals surface area (Å²) in [5, 5.41) is 0.167. The molecular weight excluding hydrogens is 263 g/mol. The molecule has 2 rings (SSSR count). The molecule has 2 aromatic rings. The largest absolute Gasteiger partial charge is 0.294 e. The molecule has 0 radical (unpaired) electrons. The van der Waals surface area contributed by atoms with Crippen LogP contribution < -0.4 is 0 Å². The average Bonchev–Trinajstić information content (AvgIpc) is 2.33. The molecule has 0 spiro atoms. The van der Waals surface area contributed by atoms with E-state index < -0.39 is 5.82 Å². The molecule has 0 saturated heterocycles. The van der Waals surface area contributed by atoms with Crippen LogP contribution in [0.3, 0.4) is 0 Å². The van der Waals surface area contributed by atoms with Crippen molar-refractivity contribution in [1.29, 1.82) is 0 Å². The highest BCUT2D eigenvalue weighted by Crippen LogP contribution is 2.22. The Morgan fingerprint density at radius 2 is 1.95 bits per heavy atom. The van der Waals surface area contributed by atoms with E-state index in [0.717, 1.165) is 11.1 Å². The van der Waals surface area contributed by atoms with Crippen LogP contribution in [0.1, 0.15) is 27.0 Å². The fourth-order valence-electron chi connectivity index (χ4n) is 1.97. The number of hydrogen-bond acceptors (Lipinski definition) is 1. The Labute approximate surface area is 117 Å². The fraction of sp³-hybridized carbons (Fsp3) is 0.188. The third-order valence-electron chi connectivity index (χ3n) is 3.00. The zero-order valence-electron chi connectivity index (χ0n) is 10.8. The lowest BCUT2D eigenvalue weighted by Gasteiger charge is -2.07. The summed E-state index contributed by atoms with van der Waals surface area (Å²) in [6.07, 6.45) is 0.270. The minimum atomic E-state index is -0.392. The minimum Gasteiger partial charge on any atom is -0.294 e. The van der Waals surface area contributed by atoms with Gasteiger partial charge in [0, 0.05) is 12.0 Å². The quantitative estimate of drug-likeness (QED) is 0.753. The van der Waals surface area contributed by atoms with E-state index in [1.165, 1.54) is 12.1 Å². The number of rotatable bonds is 3. The van der Waals surface area contributed by atoms with Crippen LogP contribution in [0.4, 0.5) is 4.39 Å². The van der Waals surface area contributed by atoms with Gasteiger partial charge in [-0.15, -0.1) is 0 Å². The Hall–Kier alpha value is -1.67. The van der Waals surface area contributed by atoms with Crippen molar-refractivity contribution < 1.29 is 9.18 Å². The first-order chi connectivity index (χ1) is 8.97. The van der Waals surface area contributed by atoms with E-state index in [2.05, 4.69) is 0 Å². The van der Waals surface area contributed by atoms with Gasteiger partial charge in [0.25, 0.3) is 0 Å². The second-order valence-corrected chi connectivity index (χ2v) is 5.08. The van der Waals surface area contributed by atoms with Gasteiger partial charge in [-0.25, -0.2) is 4.39 Å². The van der Waals surface area contributed by atoms with E-state index in [1.54, 1.807) is 6.92 Å². The van der Waals surface area contributed by atoms with Crippen molar-refractivity contribution in [3.8, 4) is 0 Å². The molecule has 1 nitrogen and oxygen atoms in total. The predicted molar refractivity (Wildman–Crippen MR) is 75.4 cm³/mol. The van der Waals surface area contributed by atoms with Crippen molar-refractivity contribution in [3.05, 3.63) is 69.5 Å². The fourth-order valence-corrected chi connectivity index (χ4v) is 2.23. The van der Waals surface area contributed by atoms with Gasteiger partial charge in [0.15, 0.2) is 5.78 Å². The van der Waals surface area contributed by atoms with Crippen molar-refractivity contribution in [2.24, 2.45) is 0 Å². The molecule has 0 fully saturated rings.